The fourth-order valence-corrected chi connectivity index (χ4v) is 2.85. The molecule has 0 spiro atoms. The second kappa shape index (κ2) is 6.81. The highest BCUT2D eigenvalue weighted by atomic mass is 32.1. The molecule has 112 valence electrons. The van der Waals surface area contributed by atoms with Crippen LogP contribution in [0, 0.1) is 11.3 Å². The average molecular weight is 320 g/mol. The van der Waals surface area contributed by atoms with E-state index < -0.39 is 0 Å². The van der Waals surface area contributed by atoms with Gasteiger partial charge in [-0.3, -0.25) is 15.1 Å². The van der Waals surface area contributed by atoms with E-state index in [9.17, 15) is 4.79 Å². The number of nitrogens with one attached hydrogen (secondary N) is 1. The number of carbonyl (C=O) groups excluding carboxylic acids is 1. The van der Waals surface area contributed by atoms with Gasteiger partial charge in [-0.05, 0) is 29.8 Å². The van der Waals surface area contributed by atoms with Crippen molar-refractivity contribution in [3.63, 3.8) is 0 Å². The van der Waals surface area contributed by atoms with Crippen molar-refractivity contribution in [2.45, 2.75) is 6.42 Å². The van der Waals surface area contributed by atoms with E-state index in [0.29, 0.717) is 22.8 Å². The van der Waals surface area contributed by atoms with Crippen LogP contribution in [-0.2, 0) is 6.42 Å². The van der Waals surface area contributed by atoms with E-state index in [4.69, 9.17) is 5.26 Å². The van der Waals surface area contributed by atoms with E-state index >= 15 is 0 Å². The number of amides is 1. The number of pyridine rings is 1. The summed E-state index contributed by atoms with van der Waals surface area (Å²) < 4.78 is 0. The number of aromatic nitrogens is 2. The summed E-state index contributed by atoms with van der Waals surface area (Å²) in [6.45, 7) is 0. The first-order valence-electron chi connectivity index (χ1n) is 6.91. The Morgan fingerprint density at radius 3 is 2.70 bits per heavy atom. The third kappa shape index (κ3) is 3.78. The van der Waals surface area contributed by atoms with Crippen molar-refractivity contribution in [3.05, 3.63) is 76.6 Å². The van der Waals surface area contributed by atoms with Crippen LogP contribution in [0.4, 0.5) is 5.13 Å². The maximum atomic E-state index is 12.0. The molecule has 0 bridgehead atoms. The number of anilines is 1. The lowest BCUT2D eigenvalue weighted by atomic mass is 10.1. The van der Waals surface area contributed by atoms with Gasteiger partial charge < -0.3 is 0 Å². The molecule has 2 heterocycles. The Morgan fingerprint density at radius 1 is 1.17 bits per heavy atom. The predicted octanol–water partition coefficient (Wildman–Crippen LogP) is 3.25. The molecule has 0 saturated heterocycles. The molecule has 23 heavy (non-hydrogen) atoms. The highest BCUT2D eigenvalue weighted by molar-refractivity contribution is 7.15. The molecule has 0 aliphatic heterocycles. The topological polar surface area (TPSA) is 78.7 Å². The lowest BCUT2D eigenvalue weighted by molar-refractivity contribution is 0.102. The molecule has 0 atom stereocenters. The van der Waals surface area contributed by atoms with Crippen LogP contribution in [-0.4, -0.2) is 15.9 Å². The first-order chi connectivity index (χ1) is 11.2. The van der Waals surface area contributed by atoms with Crippen LogP contribution in [0.25, 0.3) is 0 Å². The minimum Gasteiger partial charge on any atom is -0.296 e. The van der Waals surface area contributed by atoms with Gasteiger partial charge in [-0.15, -0.1) is 11.3 Å². The summed E-state index contributed by atoms with van der Waals surface area (Å²) in [5.41, 5.74) is 2.09. The van der Waals surface area contributed by atoms with E-state index in [0.717, 1.165) is 10.4 Å². The van der Waals surface area contributed by atoms with Gasteiger partial charge in [-0.25, -0.2) is 4.98 Å². The van der Waals surface area contributed by atoms with E-state index in [1.54, 1.807) is 42.7 Å². The molecular weight excluding hydrogens is 308 g/mol. The van der Waals surface area contributed by atoms with Crippen LogP contribution in [0.1, 0.15) is 26.5 Å². The second-order valence-electron chi connectivity index (χ2n) is 4.79. The molecule has 1 aromatic carbocycles. The van der Waals surface area contributed by atoms with Crippen molar-refractivity contribution in [3.8, 4) is 6.07 Å². The van der Waals surface area contributed by atoms with Crippen LogP contribution in [0.5, 0.6) is 0 Å². The highest BCUT2D eigenvalue weighted by Crippen LogP contribution is 2.21. The van der Waals surface area contributed by atoms with Gasteiger partial charge in [-0.2, -0.15) is 5.26 Å². The predicted molar refractivity (Wildman–Crippen MR) is 88.3 cm³/mol. The summed E-state index contributed by atoms with van der Waals surface area (Å²) in [6, 6.07) is 14.7. The molecule has 6 heteroatoms. The second-order valence-corrected chi connectivity index (χ2v) is 5.90. The summed E-state index contributed by atoms with van der Waals surface area (Å²) in [5.74, 6) is -0.273. The standard InChI is InChI=1S/C17H12N4OS/c18-10-13-6-4-12(5-7-13)9-14-11-20-17(23-14)21-16(22)15-3-1-2-8-19-15/h1-8,11H,9H2,(H,20,21,22). The molecule has 5 nitrogen and oxygen atoms in total. The third-order valence-electron chi connectivity index (χ3n) is 3.13. The van der Waals surface area contributed by atoms with Crippen LogP contribution < -0.4 is 5.32 Å². The zero-order valence-corrected chi connectivity index (χ0v) is 12.9. The Kier molecular flexibility index (Phi) is 4.41. The summed E-state index contributed by atoms with van der Waals surface area (Å²) in [7, 11) is 0. The molecule has 1 N–H and O–H groups in total. The summed E-state index contributed by atoms with van der Waals surface area (Å²) in [4.78, 5) is 21.3. The maximum Gasteiger partial charge on any atom is 0.276 e. The Bertz CT molecular complexity index is 850. The quantitative estimate of drug-likeness (QED) is 0.800. The number of rotatable bonds is 4. The largest absolute Gasteiger partial charge is 0.296 e. The molecule has 0 aliphatic rings. The van der Waals surface area contributed by atoms with E-state index in [2.05, 4.69) is 21.4 Å². The van der Waals surface area contributed by atoms with Gasteiger partial charge in [0.05, 0.1) is 11.6 Å². The van der Waals surface area contributed by atoms with E-state index in [1.165, 1.54) is 11.3 Å². The molecule has 3 aromatic rings. The highest BCUT2D eigenvalue weighted by Gasteiger charge is 2.10. The molecule has 0 fully saturated rings. The molecule has 0 saturated carbocycles. The smallest absolute Gasteiger partial charge is 0.276 e. The molecular formula is C17H12N4OS. The summed E-state index contributed by atoms with van der Waals surface area (Å²) in [5, 5.41) is 12.1. The molecule has 3 rings (SSSR count). The minimum absolute atomic E-state index is 0.273. The number of nitrogens with zero attached hydrogens (tertiary/aromatic N) is 3. The monoisotopic (exact) mass is 320 g/mol. The zero-order valence-electron chi connectivity index (χ0n) is 12.1. The van der Waals surface area contributed by atoms with Crippen LogP contribution >= 0.6 is 11.3 Å². The Balaban J connectivity index is 1.66. The molecule has 0 radical (unpaired) electrons. The third-order valence-corrected chi connectivity index (χ3v) is 4.05. The average Bonchev–Trinajstić information content (AvgIpc) is 3.03. The lowest BCUT2D eigenvalue weighted by Gasteiger charge is -2.00. The Hall–Kier alpha value is -3.04. The first-order valence-corrected chi connectivity index (χ1v) is 7.72. The van der Waals surface area contributed by atoms with Crippen molar-refractivity contribution in [1.29, 1.82) is 5.26 Å². The number of carbonyl (C=O) groups is 1. The molecule has 2 aromatic heterocycles. The van der Waals surface area contributed by atoms with Gasteiger partial charge in [0.1, 0.15) is 5.69 Å². The van der Waals surface area contributed by atoms with Crippen molar-refractivity contribution in [1.82, 2.24) is 9.97 Å². The van der Waals surface area contributed by atoms with Gasteiger partial charge >= 0.3 is 0 Å². The van der Waals surface area contributed by atoms with Gasteiger partial charge in [0.2, 0.25) is 0 Å². The number of nitriles is 1. The maximum absolute atomic E-state index is 12.0. The number of thiazole rings is 1. The van der Waals surface area contributed by atoms with Crippen molar-refractivity contribution >= 4 is 22.4 Å². The van der Waals surface area contributed by atoms with Crippen molar-refractivity contribution in [2.75, 3.05) is 5.32 Å². The van der Waals surface area contributed by atoms with E-state index in [1.807, 2.05) is 12.1 Å². The van der Waals surface area contributed by atoms with Gasteiger partial charge in [0.15, 0.2) is 5.13 Å². The molecule has 1 amide bonds. The minimum atomic E-state index is -0.273. The fourth-order valence-electron chi connectivity index (χ4n) is 2.00. The number of hydrogen-bond donors (Lipinski definition) is 1. The lowest BCUT2D eigenvalue weighted by Crippen LogP contribution is -2.12. The normalized spacial score (nSPS) is 10.0. The Labute approximate surface area is 137 Å². The van der Waals surface area contributed by atoms with Crippen molar-refractivity contribution < 1.29 is 4.79 Å². The van der Waals surface area contributed by atoms with Crippen LogP contribution in [0.2, 0.25) is 0 Å². The van der Waals surface area contributed by atoms with Crippen LogP contribution in [0.15, 0.2) is 54.9 Å². The summed E-state index contributed by atoms with van der Waals surface area (Å²) in [6.07, 6.45) is 4.03. The molecule has 0 unspecified atom stereocenters. The first kappa shape index (κ1) is 14.9. The number of hydrogen-bond acceptors (Lipinski definition) is 5. The van der Waals surface area contributed by atoms with Crippen LogP contribution in [0.3, 0.4) is 0 Å². The summed E-state index contributed by atoms with van der Waals surface area (Å²) >= 11 is 1.42. The zero-order chi connectivity index (χ0) is 16.1. The fraction of sp³-hybridized carbons (Fsp3) is 0.0588. The number of benzene rings is 1. The molecule has 0 aliphatic carbocycles. The van der Waals surface area contributed by atoms with Crippen molar-refractivity contribution in [2.24, 2.45) is 0 Å². The Morgan fingerprint density at radius 2 is 2.00 bits per heavy atom. The van der Waals surface area contributed by atoms with Gasteiger partial charge in [-0.1, -0.05) is 18.2 Å². The SMILES string of the molecule is N#Cc1ccc(Cc2cnc(NC(=O)c3ccccn3)s2)cc1. The van der Waals surface area contributed by atoms with Gasteiger partial charge in [0.25, 0.3) is 5.91 Å². The van der Waals surface area contributed by atoms with Gasteiger partial charge in [0, 0.05) is 23.7 Å². The van der Waals surface area contributed by atoms with E-state index in [-0.39, 0.29) is 5.91 Å².